The first-order valence-electron chi connectivity index (χ1n) is 1.74. The van der Waals surface area contributed by atoms with Crippen LogP contribution in [0.3, 0.4) is 0 Å². The molecule has 0 nitrogen and oxygen atoms in total. The summed E-state index contributed by atoms with van der Waals surface area (Å²) < 4.78 is 0. The third-order valence-corrected chi connectivity index (χ3v) is 0.752. The average Bonchev–Trinajstić information content (AvgIpc) is 1.35. The first-order valence-corrected chi connectivity index (χ1v) is 2.82. The third kappa shape index (κ3) is 4.44. The molecule has 0 aliphatic rings. The number of hydrogen-bond donors (Lipinski definition) is 2. The van der Waals surface area contributed by atoms with Crippen molar-refractivity contribution in [2.45, 2.75) is 6.92 Å². The van der Waals surface area contributed by atoms with Gasteiger partial charge in [0.05, 0.1) is 0 Å². The van der Waals surface area contributed by atoms with Crippen LogP contribution in [0.25, 0.3) is 0 Å². The van der Waals surface area contributed by atoms with Gasteiger partial charge in [-0.05, 0) is 11.8 Å². The summed E-state index contributed by atoms with van der Waals surface area (Å²) in [5.41, 5.74) is 0. The summed E-state index contributed by atoms with van der Waals surface area (Å²) >= 11 is 7.93. The molecule has 0 amide bonds. The van der Waals surface area contributed by atoms with Crippen LogP contribution >= 0.6 is 25.3 Å². The molecule has 0 aliphatic carbocycles. The largest absolute Gasteiger partial charge is 0.175 e. The van der Waals surface area contributed by atoms with Crippen molar-refractivity contribution in [3.63, 3.8) is 0 Å². The molecule has 36 valence electrons. The van der Waals surface area contributed by atoms with Gasteiger partial charge in [-0.15, -0.1) is 12.6 Å². The SMILES string of the molecule is CC(S)=CCS. The fourth-order valence-corrected chi connectivity index (χ4v) is 0.641. The van der Waals surface area contributed by atoms with Gasteiger partial charge in [0, 0.05) is 5.75 Å². The number of thiol groups is 2. The molecule has 0 atom stereocenters. The van der Waals surface area contributed by atoms with Crippen LogP contribution in [0.4, 0.5) is 0 Å². The molecule has 0 rings (SSSR count). The predicted octanol–water partition coefficient (Wildman–Crippen LogP) is 1.75. The summed E-state index contributed by atoms with van der Waals surface area (Å²) in [6.45, 7) is 1.93. The van der Waals surface area contributed by atoms with E-state index < -0.39 is 0 Å². The van der Waals surface area contributed by atoms with E-state index in [9.17, 15) is 0 Å². The van der Waals surface area contributed by atoms with Crippen molar-refractivity contribution < 1.29 is 0 Å². The molecule has 0 spiro atoms. The van der Waals surface area contributed by atoms with Crippen LogP contribution in [-0.2, 0) is 0 Å². The summed E-state index contributed by atoms with van der Waals surface area (Å²) in [6.07, 6.45) is 1.94. The fraction of sp³-hybridized carbons (Fsp3) is 0.500. The van der Waals surface area contributed by atoms with E-state index in [1.54, 1.807) is 0 Å². The summed E-state index contributed by atoms with van der Waals surface area (Å²) in [5.74, 6) is 0.787. The Morgan fingerprint density at radius 2 is 2.33 bits per heavy atom. The molecule has 2 heteroatoms. The van der Waals surface area contributed by atoms with E-state index in [4.69, 9.17) is 0 Å². The summed E-state index contributed by atoms with van der Waals surface area (Å²) in [4.78, 5) is 1.03. The lowest BCUT2D eigenvalue weighted by Gasteiger charge is -1.78. The van der Waals surface area contributed by atoms with Crippen LogP contribution in [0.15, 0.2) is 11.0 Å². The molecule has 0 fully saturated rings. The Morgan fingerprint density at radius 3 is 2.33 bits per heavy atom. The summed E-state index contributed by atoms with van der Waals surface area (Å²) in [6, 6.07) is 0. The van der Waals surface area contributed by atoms with Gasteiger partial charge in [-0.1, -0.05) is 6.08 Å². The van der Waals surface area contributed by atoms with Crippen molar-refractivity contribution in [1.82, 2.24) is 0 Å². The molecule has 0 radical (unpaired) electrons. The first-order chi connectivity index (χ1) is 2.77. The zero-order chi connectivity index (χ0) is 4.99. The molecular weight excluding hydrogens is 112 g/mol. The Balaban J connectivity index is 3.14. The van der Waals surface area contributed by atoms with E-state index in [1.165, 1.54) is 0 Å². The minimum Gasteiger partial charge on any atom is -0.175 e. The molecule has 0 bridgehead atoms. The monoisotopic (exact) mass is 120 g/mol. The number of rotatable bonds is 1. The van der Waals surface area contributed by atoms with Crippen molar-refractivity contribution >= 4 is 25.3 Å². The highest BCUT2D eigenvalue weighted by molar-refractivity contribution is 7.84. The van der Waals surface area contributed by atoms with Gasteiger partial charge in [0.25, 0.3) is 0 Å². The molecule has 0 aromatic rings. The highest BCUT2D eigenvalue weighted by Gasteiger charge is 1.68. The van der Waals surface area contributed by atoms with Gasteiger partial charge in [0.1, 0.15) is 0 Å². The van der Waals surface area contributed by atoms with Crippen LogP contribution < -0.4 is 0 Å². The minimum atomic E-state index is 0.787. The Labute approximate surface area is 49.5 Å². The van der Waals surface area contributed by atoms with Gasteiger partial charge in [0.15, 0.2) is 0 Å². The minimum absolute atomic E-state index is 0.787. The molecule has 0 aliphatic heterocycles. The number of allylic oxidation sites excluding steroid dienone is 1. The lowest BCUT2D eigenvalue weighted by molar-refractivity contribution is 1.62. The van der Waals surface area contributed by atoms with E-state index in [2.05, 4.69) is 25.3 Å². The van der Waals surface area contributed by atoms with Gasteiger partial charge in [-0.25, -0.2) is 0 Å². The zero-order valence-corrected chi connectivity index (χ0v) is 5.47. The van der Waals surface area contributed by atoms with Gasteiger partial charge in [0.2, 0.25) is 0 Å². The lowest BCUT2D eigenvalue weighted by Crippen LogP contribution is -1.59. The Kier molecular flexibility index (Phi) is 3.89. The standard InChI is InChI=1S/C4H8S2/c1-4(6)2-3-5/h2,5-6H,3H2,1H3. The van der Waals surface area contributed by atoms with Crippen molar-refractivity contribution in [1.29, 1.82) is 0 Å². The zero-order valence-electron chi connectivity index (χ0n) is 3.68. The highest BCUT2D eigenvalue weighted by Crippen LogP contribution is 1.95. The van der Waals surface area contributed by atoms with Gasteiger partial charge >= 0.3 is 0 Å². The summed E-state index contributed by atoms with van der Waals surface area (Å²) in [5, 5.41) is 0. The van der Waals surface area contributed by atoms with Crippen LogP contribution in [0, 0.1) is 0 Å². The normalized spacial score (nSPS) is 12.2. The molecular formula is C4H8S2. The smallest absolute Gasteiger partial charge is 0.00932 e. The van der Waals surface area contributed by atoms with Crippen molar-refractivity contribution in [2.75, 3.05) is 5.75 Å². The Morgan fingerprint density at radius 1 is 1.83 bits per heavy atom. The van der Waals surface area contributed by atoms with E-state index in [-0.39, 0.29) is 0 Å². The average molecular weight is 120 g/mol. The molecule has 0 heterocycles. The molecule has 0 saturated carbocycles. The maximum Gasteiger partial charge on any atom is 0.00932 e. The van der Waals surface area contributed by atoms with Gasteiger partial charge in [-0.2, -0.15) is 12.6 Å². The topological polar surface area (TPSA) is 0 Å². The number of hydrogen-bond acceptors (Lipinski definition) is 2. The van der Waals surface area contributed by atoms with Crippen molar-refractivity contribution in [3.05, 3.63) is 11.0 Å². The second-order valence-corrected chi connectivity index (χ2v) is 2.10. The molecule has 0 saturated heterocycles. The maximum atomic E-state index is 3.99. The van der Waals surface area contributed by atoms with Crippen LogP contribution in [0.1, 0.15) is 6.92 Å². The van der Waals surface area contributed by atoms with Crippen LogP contribution in [0.5, 0.6) is 0 Å². The van der Waals surface area contributed by atoms with Crippen molar-refractivity contribution in [3.8, 4) is 0 Å². The highest BCUT2D eigenvalue weighted by atomic mass is 32.1. The molecule has 0 unspecified atom stereocenters. The van der Waals surface area contributed by atoms with Crippen LogP contribution in [0.2, 0.25) is 0 Å². The Hall–Kier alpha value is 0.440. The quantitative estimate of drug-likeness (QED) is 0.484. The maximum absolute atomic E-state index is 3.99. The Bertz CT molecular complexity index is 52.6. The van der Waals surface area contributed by atoms with E-state index in [0.29, 0.717) is 0 Å². The first kappa shape index (κ1) is 6.44. The van der Waals surface area contributed by atoms with Crippen molar-refractivity contribution in [2.24, 2.45) is 0 Å². The van der Waals surface area contributed by atoms with E-state index in [0.717, 1.165) is 10.7 Å². The predicted molar refractivity (Wildman–Crippen MR) is 36.6 cm³/mol. The molecule has 0 N–H and O–H groups in total. The fourth-order valence-electron chi connectivity index (χ4n) is 0.132. The molecule has 6 heavy (non-hydrogen) atoms. The van der Waals surface area contributed by atoms with Gasteiger partial charge in [-0.3, -0.25) is 0 Å². The second-order valence-electron chi connectivity index (χ2n) is 1.03. The summed E-state index contributed by atoms with van der Waals surface area (Å²) in [7, 11) is 0. The molecule has 0 aromatic carbocycles. The lowest BCUT2D eigenvalue weighted by atomic mass is 10.6. The van der Waals surface area contributed by atoms with E-state index >= 15 is 0 Å². The second kappa shape index (κ2) is 3.62. The van der Waals surface area contributed by atoms with Crippen LogP contribution in [-0.4, -0.2) is 5.75 Å². The molecule has 0 aromatic heterocycles. The third-order valence-electron chi connectivity index (χ3n) is 0.387. The van der Waals surface area contributed by atoms with E-state index in [1.807, 2.05) is 13.0 Å². The van der Waals surface area contributed by atoms with Gasteiger partial charge < -0.3 is 0 Å².